The Bertz CT molecular complexity index is 677. The van der Waals surface area contributed by atoms with Crippen LogP contribution in [0.4, 0.5) is 5.69 Å². The predicted octanol–water partition coefficient (Wildman–Crippen LogP) is 2.69. The molecule has 0 saturated heterocycles. The van der Waals surface area contributed by atoms with Gasteiger partial charge in [-0.3, -0.25) is 4.72 Å². The van der Waals surface area contributed by atoms with Crippen LogP contribution in [-0.4, -0.2) is 15.0 Å². The lowest BCUT2D eigenvalue weighted by Crippen LogP contribution is -2.13. The Hall–Kier alpha value is -1.85. The molecule has 112 valence electrons. The van der Waals surface area contributed by atoms with Crippen LogP contribution < -0.4 is 10.5 Å². The molecule has 0 heterocycles. The maximum atomic E-state index is 12.3. The minimum absolute atomic E-state index is 0.263. The van der Waals surface area contributed by atoms with E-state index < -0.39 is 10.0 Å². The van der Waals surface area contributed by atoms with E-state index >= 15 is 0 Å². The summed E-state index contributed by atoms with van der Waals surface area (Å²) in [7, 11) is -3.54. The molecule has 4 nitrogen and oxygen atoms in total. The van der Waals surface area contributed by atoms with Gasteiger partial charge < -0.3 is 5.73 Å². The number of rotatable bonds is 6. The highest BCUT2D eigenvalue weighted by molar-refractivity contribution is 7.92. The number of anilines is 1. The smallest absolute Gasteiger partial charge is 0.261 e. The van der Waals surface area contributed by atoms with Crippen LogP contribution in [0.1, 0.15) is 17.5 Å². The van der Waals surface area contributed by atoms with Crippen molar-refractivity contribution in [2.45, 2.75) is 24.7 Å². The average Bonchev–Trinajstić information content (AvgIpc) is 2.48. The van der Waals surface area contributed by atoms with Crippen molar-refractivity contribution >= 4 is 15.7 Å². The number of nitrogens with two attached hydrogens (primary N) is 1. The van der Waals surface area contributed by atoms with Crippen LogP contribution in [0, 0.1) is 6.92 Å². The SMILES string of the molecule is Cc1ccc(NS(=O)(=O)c2ccc(CCCN)cc2)cc1. The second-order valence-corrected chi connectivity index (χ2v) is 6.69. The highest BCUT2D eigenvalue weighted by Gasteiger charge is 2.13. The van der Waals surface area contributed by atoms with Gasteiger partial charge in [0, 0.05) is 5.69 Å². The maximum absolute atomic E-state index is 12.3. The van der Waals surface area contributed by atoms with Crippen LogP contribution in [0.25, 0.3) is 0 Å². The minimum atomic E-state index is -3.54. The van der Waals surface area contributed by atoms with E-state index in [1.807, 2.05) is 31.2 Å². The Morgan fingerprint density at radius 2 is 1.62 bits per heavy atom. The topological polar surface area (TPSA) is 72.2 Å². The maximum Gasteiger partial charge on any atom is 0.261 e. The van der Waals surface area contributed by atoms with Crippen molar-refractivity contribution in [1.82, 2.24) is 0 Å². The fourth-order valence-electron chi connectivity index (χ4n) is 1.98. The normalized spacial score (nSPS) is 11.3. The fraction of sp³-hybridized carbons (Fsp3) is 0.250. The monoisotopic (exact) mass is 304 g/mol. The fourth-order valence-corrected chi connectivity index (χ4v) is 3.04. The van der Waals surface area contributed by atoms with Crippen molar-refractivity contribution in [1.29, 1.82) is 0 Å². The standard InChI is InChI=1S/C16H20N2O2S/c1-13-4-8-15(9-5-13)18-21(19,20)16-10-6-14(7-11-16)3-2-12-17/h4-11,18H,2-3,12,17H2,1H3. The molecule has 2 aromatic carbocycles. The Labute approximate surface area is 126 Å². The summed E-state index contributed by atoms with van der Waals surface area (Å²) in [6.45, 7) is 2.59. The molecule has 0 atom stereocenters. The molecule has 21 heavy (non-hydrogen) atoms. The summed E-state index contributed by atoms with van der Waals surface area (Å²) in [5.41, 5.74) is 8.21. The van der Waals surface area contributed by atoms with Gasteiger partial charge in [0.05, 0.1) is 4.90 Å². The van der Waals surface area contributed by atoms with Crippen molar-refractivity contribution in [3.63, 3.8) is 0 Å². The van der Waals surface area contributed by atoms with Gasteiger partial charge in [0.25, 0.3) is 10.0 Å². The van der Waals surface area contributed by atoms with Gasteiger partial charge in [-0.15, -0.1) is 0 Å². The van der Waals surface area contributed by atoms with Crippen molar-refractivity contribution in [2.75, 3.05) is 11.3 Å². The van der Waals surface area contributed by atoms with Crippen LogP contribution in [0.3, 0.4) is 0 Å². The van der Waals surface area contributed by atoms with E-state index in [2.05, 4.69) is 4.72 Å². The number of nitrogens with one attached hydrogen (secondary N) is 1. The van der Waals surface area contributed by atoms with E-state index in [9.17, 15) is 8.42 Å². The summed E-state index contributed by atoms with van der Waals surface area (Å²) < 4.78 is 27.1. The molecule has 0 aliphatic carbocycles. The molecule has 0 unspecified atom stereocenters. The third-order valence-corrected chi connectivity index (χ3v) is 4.60. The molecule has 0 aromatic heterocycles. The molecule has 0 fully saturated rings. The van der Waals surface area contributed by atoms with Crippen molar-refractivity contribution in [3.05, 3.63) is 59.7 Å². The third-order valence-electron chi connectivity index (χ3n) is 3.21. The number of benzene rings is 2. The van der Waals surface area contributed by atoms with Crippen molar-refractivity contribution < 1.29 is 8.42 Å². The average molecular weight is 304 g/mol. The summed E-state index contributed by atoms with van der Waals surface area (Å²) in [5.74, 6) is 0. The highest BCUT2D eigenvalue weighted by Crippen LogP contribution is 2.17. The van der Waals surface area contributed by atoms with Gasteiger partial charge in [-0.25, -0.2) is 8.42 Å². The van der Waals surface area contributed by atoms with E-state index in [0.29, 0.717) is 12.2 Å². The van der Waals surface area contributed by atoms with Gasteiger partial charge in [0.1, 0.15) is 0 Å². The molecule has 2 aromatic rings. The summed E-state index contributed by atoms with van der Waals surface area (Å²) in [5, 5.41) is 0. The quantitative estimate of drug-likeness (QED) is 0.862. The zero-order chi connectivity index (χ0) is 15.3. The van der Waals surface area contributed by atoms with E-state index in [1.165, 1.54) is 0 Å². The lowest BCUT2D eigenvalue weighted by Gasteiger charge is -2.09. The van der Waals surface area contributed by atoms with Gasteiger partial charge in [0.2, 0.25) is 0 Å². The molecule has 5 heteroatoms. The van der Waals surface area contributed by atoms with Crippen LogP contribution in [0.5, 0.6) is 0 Å². The first-order valence-corrected chi connectivity index (χ1v) is 8.38. The summed E-state index contributed by atoms with van der Waals surface area (Å²) >= 11 is 0. The summed E-state index contributed by atoms with van der Waals surface area (Å²) in [6.07, 6.45) is 1.76. The van der Waals surface area contributed by atoms with Gasteiger partial charge in [-0.1, -0.05) is 29.8 Å². The largest absolute Gasteiger partial charge is 0.330 e. The zero-order valence-corrected chi connectivity index (χ0v) is 12.9. The van der Waals surface area contributed by atoms with Gasteiger partial charge in [0.15, 0.2) is 0 Å². The van der Waals surface area contributed by atoms with Crippen LogP contribution in [0.15, 0.2) is 53.4 Å². The molecule has 0 aliphatic heterocycles. The molecule has 0 amide bonds. The lowest BCUT2D eigenvalue weighted by atomic mass is 10.1. The number of aryl methyl sites for hydroxylation is 2. The van der Waals surface area contributed by atoms with E-state index in [-0.39, 0.29) is 4.90 Å². The molecular formula is C16H20N2O2S. The third kappa shape index (κ3) is 4.31. The van der Waals surface area contributed by atoms with Gasteiger partial charge in [-0.05, 0) is 56.1 Å². The Morgan fingerprint density at radius 1 is 1.00 bits per heavy atom. The molecule has 3 N–H and O–H groups in total. The van der Waals surface area contributed by atoms with Crippen LogP contribution in [-0.2, 0) is 16.4 Å². The van der Waals surface area contributed by atoms with E-state index in [0.717, 1.165) is 24.0 Å². The first-order chi connectivity index (χ1) is 10.0. The Balaban J connectivity index is 2.13. The number of sulfonamides is 1. The summed E-state index contributed by atoms with van der Waals surface area (Å²) in [4.78, 5) is 0.263. The molecule has 0 aliphatic rings. The van der Waals surface area contributed by atoms with Crippen molar-refractivity contribution in [2.24, 2.45) is 5.73 Å². The first kappa shape index (κ1) is 15.5. The highest BCUT2D eigenvalue weighted by atomic mass is 32.2. The summed E-state index contributed by atoms with van der Waals surface area (Å²) in [6, 6.07) is 14.2. The van der Waals surface area contributed by atoms with Crippen LogP contribution >= 0.6 is 0 Å². The van der Waals surface area contributed by atoms with Crippen LogP contribution in [0.2, 0.25) is 0 Å². The molecule has 2 rings (SSSR count). The predicted molar refractivity (Wildman–Crippen MR) is 85.8 cm³/mol. The van der Waals surface area contributed by atoms with Crippen molar-refractivity contribution in [3.8, 4) is 0 Å². The van der Waals surface area contributed by atoms with Gasteiger partial charge in [-0.2, -0.15) is 0 Å². The molecular weight excluding hydrogens is 284 g/mol. The van der Waals surface area contributed by atoms with Gasteiger partial charge >= 0.3 is 0 Å². The Kier molecular flexibility index (Phi) is 4.98. The first-order valence-electron chi connectivity index (χ1n) is 6.90. The zero-order valence-electron chi connectivity index (χ0n) is 12.0. The molecule has 0 radical (unpaired) electrons. The second kappa shape index (κ2) is 6.74. The second-order valence-electron chi connectivity index (χ2n) is 5.01. The molecule has 0 bridgehead atoms. The van der Waals surface area contributed by atoms with E-state index in [1.54, 1.807) is 24.3 Å². The Morgan fingerprint density at radius 3 is 2.19 bits per heavy atom. The number of hydrogen-bond donors (Lipinski definition) is 2. The van der Waals surface area contributed by atoms with E-state index in [4.69, 9.17) is 5.73 Å². The molecule has 0 saturated carbocycles. The molecule has 0 spiro atoms. The minimum Gasteiger partial charge on any atom is -0.330 e. The number of hydrogen-bond acceptors (Lipinski definition) is 3. The lowest BCUT2D eigenvalue weighted by molar-refractivity contribution is 0.601.